The molecule has 0 saturated carbocycles. The molecule has 1 rings (SSSR count). The lowest BCUT2D eigenvalue weighted by molar-refractivity contribution is 0.595. The quantitative estimate of drug-likeness (QED) is 0.778. The van der Waals surface area contributed by atoms with E-state index in [1.807, 2.05) is 0 Å². The van der Waals surface area contributed by atoms with Crippen molar-refractivity contribution in [3.8, 4) is 0 Å². The van der Waals surface area contributed by atoms with Crippen LogP contribution in [0.4, 0.5) is 0 Å². The molecule has 0 amide bonds. The normalized spacial score (nSPS) is 12.9. The van der Waals surface area contributed by atoms with Crippen molar-refractivity contribution in [3.63, 3.8) is 0 Å². The van der Waals surface area contributed by atoms with E-state index in [0.29, 0.717) is 6.04 Å². The molecule has 0 bridgehead atoms. The zero-order valence-corrected chi connectivity index (χ0v) is 9.51. The van der Waals surface area contributed by atoms with Crippen LogP contribution in [0.2, 0.25) is 0 Å². The maximum Gasteiger partial charge on any atom is 0.00393 e. The van der Waals surface area contributed by atoms with E-state index in [1.165, 1.54) is 16.7 Å². The minimum absolute atomic E-state index is 0.356. The molecule has 78 valence electrons. The molecule has 0 spiro atoms. The Balaban J connectivity index is 2.62. The fourth-order valence-electron chi connectivity index (χ4n) is 1.61. The Hall–Kier alpha value is -0.820. The molecule has 14 heavy (non-hydrogen) atoms. The molecule has 0 radical (unpaired) electrons. The summed E-state index contributed by atoms with van der Waals surface area (Å²) in [6, 6.07) is 6.99. The molecular formula is C13H21N. The van der Waals surface area contributed by atoms with Gasteiger partial charge in [0.05, 0.1) is 0 Å². The highest BCUT2D eigenvalue weighted by atomic mass is 14.6. The van der Waals surface area contributed by atoms with Gasteiger partial charge in [0, 0.05) is 6.04 Å². The Morgan fingerprint density at radius 2 is 2.00 bits per heavy atom. The molecule has 2 N–H and O–H groups in total. The minimum Gasteiger partial charge on any atom is -0.328 e. The van der Waals surface area contributed by atoms with Crippen molar-refractivity contribution in [2.24, 2.45) is 5.73 Å². The molecule has 0 aromatic heterocycles. The summed E-state index contributed by atoms with van der Waals surface area (Å²) in [5.74, 6) is 0. The standard InChI is InChI=1S/C13H21N/c1-4-13(14)8-7-12-9-10(2)5-6-11(12)3/h5-6,9,13H,4,7-8,14H2,1-3H3. The van der Waals surface area contributed by atoms with Gasteiger partial charge in [-0.2, -0.15) is 0 Å². The van der Waals surface area contributed by atoms with Crippen LogP contribution in [0, 0.1) is 13.8 Å². The zero-order chi connectivity index (χ0) is 10.6. The van der Waals surface area contributed by atoms with Crippen molar-refractivity contribution in [1.29, 1.82) is 0 Å². The first-order chi connectivity index (χ1) is 6.63. The molecule has 0 aliphatic carbocycles. The van der Waals surface area contributed by atoms with Gasteiger partial charge in [-0.3, -0.25) is 0 Å². The molecule has 1 nitrogen and oxygen atoms in total. The summed E-state index contributed by atoms with van der Waals surface area (Å²) in [6.07, 6.45) is 3.29. The fraction of sp³-hybridized carbons (Fsp3) is 0.538. The van der Waals surface area contributed by atoms with Crippen molar-refractivity contribution in [3.05, 3.63) is 34.9 Å². The van der Waals surface area contributed by atoms with Gasteiger partial charge in [0.15, 0.2) is 0 Å². The maximum absolute atomic E-state index is 5.91. The summed E-state index contributed by atoms with van der Waals surface area (Å²) in [5.41, 5.74) is 10.1. The molecule has 1 heteroatoms. The lowest BCUT2D eigenvalue weighted by Gasteiger charge is -2.10. The predicted molar refractivity (Wildman–Crippen MR) is 62.5 cm³/mol. The second-order valence-corrected chi connectivity index (χ2v) is 4.14. The van der Waals surface area contributed by atoms with E-state index < -0.39 is 0 Å². The van der Waals surface area contributed by atoms with Gasteiger partial charge in [-0.25, -0.2) is 0 Å². The number of rotatable bonds is 4. The van der Waals surface area contributed by atoms with Crippen LogP contribution in [0.25, 0.3) is 0 Å². The Bertz CT molecular complexity index is 291. The molecule has 0 saturated heterocycles. The van der Waals surface area contributed by atoms with Crippen molar-refractivity contribution < 1.29 is 0 Å². The number of aryl methyl sites for hydroxylation is 3. The van der Waals surface area contributed by atoms with Crippen LogP contribution in [0.15, 0.2) is 18.2 Å². The number of hydrogen-bond donors (Lipinski definition) is 1. The topological polar surface area (TPSA) is 26.0 Å². The Morgan fingerprint density at radius 3 is 2.64 bits per heavy atom. The highest BCUT2D eigenvalue weighted by molar-refractivity contribution is 5.30. The van der Waals surface area contributed by atoms with Crippen LogP contribution in [0.1, 0.15) is 36.5 Å². The van der Waals surface area contributed by atoms with E-state index in [4.69, 9.17) is 5.73 Å². The summed E-state index contributed by atoms with van der Waals surface area (Å²) in [4.78, 5) is 0. The van der Waals surface area contributed by atoms with Gasteiger partial charge in [0.25, 0.3) is 0 Å². The van der Waals surface area contributed by atoms with Gasteiger partial charge < -0.3 is 5.73 Å². The molecule has 0 aliphatic heterocycles. The molecule has 0 fully saturated rings. The van der Waals surface area contributed by atoms with Crippen LogP contribution in [0.3, 0.4) is 0 Å². The van der Waals surface area contributed by atoms with E-state index in [2.05, 4.69) is 39.0 Å². The monoisotopic (exact) mass is 191 g/mol. The summed E-state index contributed by atoms with van der Waals surface area (Å²) < 4.78 is 0. The third-order valence-electron chi connectivity index (χ3n) is 2.81. The Kier molecular flexibility index (Phi) is 4.15. The number of nitrogens with two attached hydrogens (primary N) is 1. The van der Waals surface area contributed by atoms with Gasteiger partial charge >= 0.3 is 0 Å². The van der Waals surface area contributed by atoms with E-state index in [1.54, 1.807) is 0 Å². The molecule has 1 aromatic carbocycles. The van der Waals surface area contributed by atoms with Crippen LogP contribution in [-0.4, -0.2) is 6.04 Å². The molecule has 1 atom stereocenters. The van der Waals surface area contributed by atoms with Crippen molar-refractivity contribution >= 4 is 0 Å². The van der Waals surface area contributed by atoms with Crippen molar-refractivity contribution in [2.45, 2.75) is 46.1 Å². The second-order valence-electron chi connectivity index (χ2n) is 4.14. The number of benzene rings is 1. The summed E-state index contributed by atoms with van der Waals surface area (Å²) in [6.45, 7) is 6.46. The van der Waals surface area contributed by atoms with Gasteiger partial charge in [-0.1, -0.05) is 30.7 Å². The van der Waals surface area contributed by atoms with Gasteiger partial charge in [0.1, 0.15) is 0 Å². The van der Waals surface area contributed by atoms with Crippen LogP contribution >= 0.6 is 0 Å². The van der Waals surface area contributed by atoms with Crippen molar-refractivity contribution in [2.75, 3.05) is 0 Å². The van der Waals surface area contributed by atoms with Crippen LogP contribution < -0.4 is 5.73 Å². The van der Waals surface area contributed by atoms with Crippen molar-refractivity contribution in [1.82, 2.24) is 0 Å². The zero-order valence-electron chi connectivity index (χ0n) is 9.51. The van der Waals surface area contributed by atoms with E-state index in [9.17, 15) is 0 Å². The lowest BCUT2D eigenvalue weighted by Crippen LogP contribution is -2.19. The average molecular weight is 191 g/mol. The van der Waals surface area contributed by atoms with Gasteiger partial charge in [0.2, 0.25) is 0 Å². The van der Waals surface area contributed by atoms with Gasteiger partial charge in [-0.15, -0.1) is 0 Å². The summed E-state index contributed by atoms with van der Waals surface area (Å²) in [5, 5.41) is 0. The van der Waals surface area contributed by atoms with Crippen LogP contribution in [0.5, 0.6) is 0 Å². The highest BCUT2D eigenvalue weighted by Gasteiger charge is 2.02. The maximum atomic E-state index is 5.91. The third-order valence-corrected chi connectivity index (χ3v) is 2.81. The molecule has 1 unspecified atom stereocenters. The Labute approximate surface area is 87.3 Å². The first-order valence-electron chi connectivity index (χ1n) is 5.45. The number of hydrogen-bond acceptors (Lipinski definition) is 1. The third kappa shape index (κ3) is 3.15. The SMILES string of the molecule is CCC(N)CCc1cc(C)ccc1C. The fourth-order valence-corrected chi connectivity index (χ4v) is 1.61. The largest absolute Gasteiger partial charge is 0.328 e. The molecular weight excluding hydrogens is 170 g/mol. The smallest absolute Gasteiger partial charge is 0.00393 e. The average Bonchev–Trinajstić information content (AvgIpc) is 2.19. The molecule has 0 aliphatic rings. The minimum atomic E-state index is 0.356. The second kappa shape index (κ2) is 5.16. The van der Waals surface area contributed by atoms with E-state index in [-0.39, 0.29) is 0 Å². The van der Waals surface area contributed by atoms with Crippen LogP contribution in [-0.2, 0) is 6.42 Å². The Morgan fingerprint density at radius 1 is 1.29 bits per heavy atom. The lowest BCUT2D eigenvalue weighted by atomic mass is 9.98. The molecule has 1 aromatic rings. The van der Waals surface area contributed by atoms with Gasteiger partial charge in [-0.05, 0) is 44.2 Å². The molecule has 0 heterocycles. The van der Waals surface area contributed by atoms with E-state index in [0.717, 1.165) is 19.3 Å². The summed E-state index contributed by atoms with van der Waals surface area (Å²) in [7, 11) is 0. The van der Waals surface area contributed by atoms with E-state index >= 15 is 0 Å². The first-order valence-corrected chi connectivity index (χ1v) is 5.45. The highest BCUT2D eigenvalue weighted by Crippen LogP contribution is 2.13. The predicted octanol–water partition coefficient (Wildman–Crippen LogP) is 2.97. The summed E-state index contributed by atoms with van der Waals surface area (Å²) >= 11 is 0. The first kappa shape index (κ1) is 11.3.